The van der Waals surface area contributed by atoms with Gasteiger partial charge >= 0.3 is 0 Å². The first-order valence-corrected chi connectivity index (χ1v) is 12.8. The predicted molar refractivity (Wildman–Crippen MR) is 115 cm³/mol. The average molecular weight is 458 g/mol. The summed E-state index contributed by atoms with van der Waals surface area (Å²) in [4.78, 5) is 19.8. The molecule has 158 valence electrons. The van der Waals surface area contributed by atoms with E-state index in [-0.39, 0.29) is 17.9 Å². The summed E-state index contributed by atoms with van der Waals surface area (Å²) in [6.45, 7) is 1.91. The number of hydrogen-bond acceptors (Lipinski definition) is 6. The number of amides is 1. The van der Waals surface area contributed by atoms with Crippen LogP contribution in [-0.2, 0) is 19.6 Å². The lowest BCUT2D eigenvalue weighted by atomic mass is 9.96. The molecule has 1 atom stereocenters. The lowest BCUT2D eigenvalue weighted by Gasteiger charge is -2.33. The molecule has 1 unspecified atom stereocenters. The highest BCUT2D eigenvalue weighted by Gasteiger charge is 2.34. The Morgan fingerprint density at radius 1 is 1.34 bits per heavy atom. The summed E-state index contributed by atoms with van der Waals surface area (Å²) in [5, 5.41) is 1.19. The number of nitrogens with zero attached hydrogens (tertiary/aromatic N) is 3. The molecule has 2 fully saturated rings. The number of hydrogen-bond donors (Lipinski definition) is 0. The van der Waals surface area contributed by atoms with Crippen LogP contribution >= 0.6 is 22.9 Å². The number of halogens is 1. The van der Waals surface area contributed by atoms with Crippen molar-refractivity contribution in [2.75, 3.05) is 37.4 Å². The highest BCUT2D eigenvalue weighted by molar-refractivity contribution is 7.88. The van der Waals surface area contributed by atoms with E-state index in [0.29, 0.717) is 54.8 Å². The highest BCUT2D eigenvalue weighted by atomic mass is 35.5. The number of fused-ring (bicyclic) bond motifs is 1. The molecule has 7 nitrogen and oxygen atoms in total. The maximum absolute atomic E-state index is 13.4. The summed E-state index contributed by atoms with van der Waals surface area (Å²) in [6, 6.07) is 5.61. The third-order valence-corrected chi connectivity index (χ3v) is 8.19. The maximum atomic E-state index is 13.4. The number of rotatable bonds is 5. The van der Waals surface area contributed by atoms with Crippen molar-refractivity contribution in [3.63, 3.8) is 0 Å². The molecule has 0 N–H and O–H groups in total. The van der Waals surface area contributed by atoms with E-state index in [1.54, 1.807) is 11.0 Å². The van der Waals surface area contributed by atoms with Gasteiger partial charge in [0.1, 0.15) is 5.52 Å². The van der Waals surface area contributed by atoms with Gasteiger partial charge in [-0.25, -0.2) is 17.7 Å². The smallest absolute Gasteiger partial charge is 0.232 e. The van der Waals surface area contributed by atoms with Gasteiger partial charge in [-0.15, -0.1) is 0 Å². The number of piperidine rings is 1. The highest BCUT2D eigenvalue weighted by Crippen LogP contribution is 2.35. The Bertz CT molecular complexity index is 996. The Balaban J connectivity index is 1.58. The number of thiazole rings is 1. The molecule has 0 saturated carbocycles. The topological polar surface area (TPSA) is 79.8 Å². The van der Waals surface area contributed by atoms with Gasteiger partial charge in [0.25, 0.3) is 0 Å². The molecular formula is C19H24ClN3O4S2. The monoisotopic (exact) mass is 457 g/mol. The first-order valence-electron chi connectivity index (χ1n) is 9.76. The SMILES string of the molecule is CS(=O)(=O)N1CCC(C(=O)N(CC2CCCO2)c2nc3c(Cl)cccc3s2)CC1. The quantitative estimate of drug-likeness (QED) is 0.689. The van der Waals surface area contributed by atoms with Crippen LogP contribution in [0.3, 0.4) is 0 Å². The molecule has 1 amide bonds. The second kappa shape index (κ2) is 8.47. The van der Waals surface area contributed by atoms with Crippen molar-refractivity contribution in [1.29, 1.82) is 0 Å². The third-order valence-electron chi connectivity index (χ3n) is 5.54. The van der Waals surface area contributed by atoms with E-state index in [0.717, 1.165) is 17.5 Å². The summed E-state index contributed by atoms with van der Waals surface area (Å²) in [5.41, 5.74) is 0.700. The molecule has 1 aromatic carbocycles. The fourth-order valence-corrected chi connectivity index (χ4v) is 6.08. The number of ether oxygens (including phenoxy) is 1. The van der Waals surface area contributed by atoms with Crippen molar-refractivity contribution < 1.29 is 17.9 Å². The van der Waals surface area contributed by atoms with E-state index in [2.05, 4.69) is 4.98 Å². The van der Waals surface area contributed by atoms with Crippen LogP contribution in [0.2, 0.25) is 5.02 Å². The Morgan fingerprint density at radius 2 is 2.10 bits per heavy atom. The van der Waals surface area contributed by atoms with E-state index < -0.39 is 10.0 Å². The zero-order chi connectivity index (χ0) is 20.6. The number of para-hydroxylation sites is 1. The number of carbonyl (C=O) groups is 1. The van der Waals surface area contributed by atoms with Gasteiger partial charge in [0.15, 0.2) is 5.13 Å². The first-order chi connectivity index (χ1) is 13.8. The minimum Gasteiger partial charge on any atom is -0.376 e. The van der Waals surface area contributed by atoms with Crippen molar-refractivity contribution >= 4 is 54.2 Å². The van der Waals surface area contributed by atoms with E-state index in [4.69, 9.17) is 16.3 Å². The van der Waals surface area contributed by atoms with Crippen molar-refractivity contribution in [2.45, 2.75) is 31.8 Å². The molecular weight excluding hydrogens is 434 g/mol. The van der Waals surface area contributed by atoms with Gasteiger partial charge in [-0.05, 0) is 37.8 Å². The molecule has 0 bridgehead atoms. The fourth-order valence-electron chi connectivity index (χ4n) is 3.93. The standard InChI is InChI=1S/C19H24ClN3O4S2/c1-29(25,26)22-9-7-13(8-10-22)18(24)23(12-14-4-3-11-27-14)19-21-17-15(20)5-2-6-16(17)28-19/h2,5-6,13-14H,3-4,7-12H2,1H3. The molecule has 29 heavy (non-hydrogen) atoms. The van der Waals surface area contributed by atoms with Crippen molar-refractivity contribution in [3.8, 4) is 0 Å². The molecule has 2 aromatic rings. The van der Waals surface area contributed by atoms with Crippen molar-refractivity contribution in [3.05, 3.63) is 23.2 Å². The summed E-state index contributed by atoms with van der Waals surface area (Å²) in [5.74, 6) is -0.235. The molecule has 1 aromatic heterocycles. The minimum absolute atomic E-state index is 0.00228. The van der Waals surface area contributed by atoms with Crippen LogP contribution < -0.4 is 4.90 Å². The van der Waals surface area contributed by atoms with Crippen molar-refractivity contribution in [1.82, 2.24) is 9.29 Å². The van der Waals surface area contributed by atoms with Gasteiger partial charge in [0, 0.05) is 25.6 Å². The number of benzene rings is 1. The molecule has 2 aliphatic rings. The normalized spacial score (nSPS) is 21.7. The number of carbonyl (C=O) groups excluding carboxylic acids is 1. The summed E-state index contributed by atoms with van der Waals surface area (Å²) in [6.07, 6.45) is 4.15. The van der Waals surface area contributed by atoms with Crippen LogP contribution in [0.5, 0.6) is 0 Å². The van der Waals surface area contributed by atoms with Gasteiger partial charge in [-0.3, -0.25) is 9.69 Å². The van der Waals surface area contributed by atoms with E-state index in [1.807, 2.05) is 12.1 Å². The van der Waals surface area contributed by atoms with Gasteiger partial charge < -0.3 is 4.74 Å². The number of anilines is 1. The Hall–Kier alpha value is -1.26. The second-order valence-corrected chi connectivity index (χ2v) is 11.0. The van der Waals surface area contributed by atoms with Crippen LogP contribution in [0.1, 0.15) is 25.7 Å². The predicted octanol–water partition coefficient (Wildman–Crippen LogP) is 3.13. The van der Waals surface area contributed by atoms with Gasteiger partial charge in [0.05, 0.1) is 28.6 Å². The molecule has 0 radical (unpaired) electrons. The zero-order valence-corrected chi connectivity index (χ0v) is 18.6. The van der Waals surface area contributed by atoms with E-state index in [9.17, 15) is 13.2 Å². The molecule has 4 rings (SSSR count). The average Bonchev–Trinajstić information content (AvgIpc) is 3.35. The summed E-state index contributed by atoms with van der Waals surface area (Å²) in [7, 11) is -3.22. The largest absolute Gasteiger partial charge is 0.376 e. The Labute approximate surface area is 179 Å². The Kier molecular flexibility index (Phi) is 6.13. The van der Waals surface area contributed by atoms with E-state index >= 15 is 0 Å². The van der Waals surface area contributed by atoms with Crippen LogP contribution in [0.4, 0.5) is 5.13 Å². The summed E-state index contributed by atoms with van der Waals surface area (Å²) >= 11 is 7.73. The lowest BCUT2D eigenvalue weighted by Crippen LogP contribution is -2.46. The number of sulfonamides is 1. The first kappa shape index (κ1) is 21.0. The van der Waals surface area contributed by atoms with Crippen LogP contribution in [0, 0.1) is 5.92 Å². The molecule has 0 spiro atoms. The molecule has 10 heteroatoms. The van der Waals surface area contributed by atoms with Crippen LogP contribution in [0.15, 0.2) is 18.2 Å². The molecule has 2 aliphatic heterocycles. The van der Waals surface area contributed by atoms with Gasteiger partial charge in [-0.1, -0.05) is 29.0 Å². The summed E-state index contributed by atoms with van der Waals surface area (Å²) < 4.78 is 31.7. The molecule has 2 saturated heterocycles. The molecule has 0 aliphatic carbocycles. The minimum atomic E-state index is -3.22. The number of aromatic nitrogens is 1. The maximum Gasteiger partial charge on any atom is 0.232 e. The zero-order valence-electron chi connectivity index (χ0n) is 16.2. The van der Waals surface area contributed by atoms with Crippen LogP contribution in [-0.4, -0.2) is 62.2 Å². The van der Waals surface area contributed by atoms with Gasteiger partial charge in [-0.2, -0.15) is 0 Å². The lowest BCUT2D eigenvalue weighted by molar-refractivity contribution is -0.123. The third kappa shape index (κ3) is 4.59. The van der Waals surface area contributed by atoms with E-state index in [1.165, 1.54) is 21.9 Å². The van der Waals surface area contributed by atoms with Crippen LogP contribution in [0.25, 0.3) is 10.2 Å². The Morgan fingerprint density at radius 3 is 2.72 bits per heavy atom. The molecule has 3 heterocycles. The van der Waals surface area contributed by atoms with Crippen molar-refractivity contribution in [2.24, 2.45) is 5.92 Å². The van der Waals surface area contributed by atoms with Gasteiger partial charge in [0.2, 0.25) is 15.9 Å². The fraction of sp³-hybridized carbons (Fsp3) is 0.579. The second-order valence-electron chi connectivity index (χ2n) is 7.60.